The van der Waals surface area contributed by atoms with Gasteiger partial charge in [-0.2, -0.15) is 0 Å². The Labute approximate surface area is 172 Å². The zero-order valence-corrected chi connectivity index (χ0v) is 17.0. The molecule has 2 atom stereocenters. The number of rotatable bonds is 3. The fraction of sp³-hybridized carbons (Fsp3) is 0.480. The zero-order valence-electron chi connectivity index (χ0n) is 17.0. The summed E-state index contributed by atoms with van der Waals surface area (Å²) >= 11 is 0. The molecule has 4 nitrogen and oxygen atoms in total. The summed E-state index contributed by atoms with van der Waals surface area (Å²) in [5.41, 5.74) is 6.34. The second-order valence-corrected chi connectivity index (χ2v) is 8.57. The maximum atomic E-state index is 12.3. The fourth-order valence-corrected chi connectivity index (χ4v) is 5.63. The van der Waals surface area contributed by atoms with Crippen LogP contribution >= 0.6 is 0 Å². The van der Waals surface area contributed by atoms with Gasteiger partial charge in [0.15, 0.2) is 5.79 Å². The van der Waals surface area contributed by atoms with Gasteiger partial charge in [-0.3, -0.25) is 0 Å². The predicted molar refractivity (Wildman–Crippen MR) is 110 cm³/mol. The zero-order chi connectivity index (χ0) is 19.8. The molecule has 0 bridgehead atoms. The van der Waals surface area contributed by atoms with Gasteiger partial charge in [-0.1, -0.05) is 42.0 Å². The van der Waals surface area contributed by atoms with Gasteiger partial charge in [0.2, 0.25) is 0 Å². The van der Waals surface area contributed by atoms with E-state index in [4.69, 9.17) is 14.2 Å². The molecule has 1 spiro atoms. The van der Waals surface area contributed by atoms with E-state index in [0.29, 0.717) is 24.7 Å². The van der Waals surface area contributed by atoms with Crippen molar-refractivity contribution in [3.8, 4) is 0 Å². The van der Waals surface area contributed by atoms with Gasteiger partial charge in [0.05, 0.1) is 25.9 Å². The summed E-state index contributed by atoms with van der Waals surface area (Å²) in [6.07, 6.45) is 10.1. The van der Waals surface area contributed by atoms with Crippen LogP contribution in [-0.4, -0.2) is 32.1 Å². The quantitative estimate of drug-likeness (QED) is 0.710. The van der Waals surface area contributed by atoms with Gasteiger partial charge in [-0.25, -0.2) is 4.79 Å². The molecule has 1 saturated heterocycles. The van der Waals surface area contributed by atoms with E-state index in [2.05, 4.69) is 36.4 Å². The first-order chi connectivity index (χ1) is 14.2. The molecule has 0 radical (unpaired) electrons. The lowest BCUT2D eigenvalue weighted by atomic mass is 9.65. The number of esters is 1. The van der Waals surface area contributed by atoms with E-state index < -0.39 is 0 Å². The Balaban J connectivity index is 1.52. The van der Waals surface area contributed by atoms with Crippen LogP contribution in [0.1, 0.15) is 37.7 Å². The lowest BCUT2D eigenvalue weighted by Gasteiger charge is -2.43. The normalized spacial score (nSPS) is 27.8. The van der Waals surface area contributed by atoms with Crippen LogP contribution in [-0.2, 0) is 25.4 Å². The van der Waals surface area contributed by atoms with Gasteiger partial charge in [0.1, 0.15) is 0 Å². The molecular formula is C25H28O4. The highest BCUT2D eigenvalue weighted by atomic mass is 16.7. The summed E-state index contributed by atoms with van der Waals surface area (Å²) in [4.78, 5) is 12.3. The molecule has 0 N–H and O–H groups in total. The smallest absolute Gasteiger partial charge is 0.337 e. The van der Waals surface area contributed by atoms with Crippen molar-refractivity contribution in [2.75, 3.05) is 20.3 Å². The molecule has 4 aliphatic rings. The molecular weight excluding hydrogens is 364 g/mol. The number of hydrogen-bond donors (Lipinski definition) is 0. The summed E-state index contributed by atoms with van der Waals surface area (Å²) in [5, 5.41) is 0. The molecule has 1 aromatic rings. The van der Waals surface area contributed by atoms with Crippen LogP contribution in [0.3, 0.4) is 0 Å². The minimum Gasteiger partial charge on any atom is -0.465 e. The first-order valence-corrected chi connectivity index (χ1v) is 10.7. The molecule has 1 aliphatic heterocycles. The number of ether oxygens (including phenoxy) is 3. The van der Waals surface area contributed by atoms with Gasteiger partial charge >= 0.3 is 5.97 Å². The molecule has 152 valence electrons. The van der Waals surface area contributed by atoms with Gasteiger partial charge in [0.25, 0.3) is 0 Å². The predicted octanol–water partition coefficient (Wildman–Crippen LogP) is 4.52. The van der Waals surface area contributed by atoms with Crippen molar-refractivity contribution >= 4 is 5.97 Å². The number of benzene rings is 1. The molecule has 0 aromatic heterocycles. The van der Waals surface area contributed by atoms with E-state index in [1.54, 1.807) is 5.57 Å². The number of methoxy groups -OCH3 is 1. The van der Waals surface area contributed by atoms with Crippen molar-refractivity contribution < 1.29 is 19.0 Å². The van der Waals surface area contributed by atoms with Gasteiger partial charge in [0, 0.05) is 18.8 Å². The first-order valence-electron chi connectivity index (χ1n) is 10.7. The van der Waals surface area contributed by atoms with Gasteiger partial charge in [-0.05, 0) is 54.4 Å². The fourth-order valence-electron chi connectivity index (χ4n) is 5.63. The molecule has 3 aliphatic carbocycles. The van der Waals surface area contributed by atoms with E-state index in [-0.39, 0.29) is 17.7 Å². The second-order valence-electron chi connectivity index (χ2n) is 8.57. The average Bonchev–Trinajstić information content (AvgIpc) is 3.21. The highest BCUT2D eigenvalue weighted by Crippen LogP contribution is 2.51. The highest BCUT2D eigenvalue weighted by molar-refractivity contribution is 5.92. The molecule has 4 heteroatoms. The monoisotopic (exact) mass is 392 g/mol. The van der Waals surface area contributed by atoms with Crippen LogP contribution < -0.4 is 0 Å². The summed E-state index contributed by atoms with van der Waals surface area (Å²) in [5.74, 6) is 0.133. The lowest BCUT2D eigenvalue weighted by molar-refractivity contribution is -0.180. The minimum absolute atomic E-state index is 0.212. The molecule has 1 aromatic carbocycles. The number of carbonyl (C=O) groups excluding carboxylic acids is 1. The van der Waals surface area contributed by atoms with E-state index in [9.17, 15) is 4.79 Å². The minimum atomic E-state index is -0.355. The van der Waals surface area contributed by atoms with E-state index >= 15 is 0 Å². The third-order valence-electron chi connectivity index (χ3n) is 6.89. The maximum Gasteiger partial charge on any atom is 0.337 e. The lowest BCUT2D eigenvalue weighted by Crippen LogP contribution is -2.39. The number of hydrogen-bond acceptors (Lipinski definition) is 4. The Morgan fingerprint density at radius 2 is 1.97 bits per heavy atom. The molecule has 29 heavy (non-hydrogen) atoms. The Hall–Kier alpha value is -2.17. The van der Waals surface area contributed by atoms with E-state index in [1.165, 1.54) is 23.8 Å². The van der Waals surface area contributed by atoms with Crippen LogP contribution in [0.15, 0.2) is 64.8 Å². The Bertz CT molecular complexity index is 887. The topological polar surface area (TPSA) is 44.8 Å². The summed E-state index contributed by atoms with van der Waals surface area (Å²) < 4.78 is 17.1. The average molecular weight is 392 g/mol. The van der Waals surface area contributed by atoms with Crippen LogP contribution in [0, 0.1) is 11.8 Å². The molecule has 1 saturated carbocycles. The molecule has 0 amide bonds. The van der Waals surface area contributed by atoms with Crippen molar-refractivity contribution in [2.45, 2.75) is 44.3 Å². The van der Waals surface area contributed by atoms with Crippen LogP contribution in [0.2, 0.25) is 0 Å². The number of allylic oxidation sites excluding steroid dienone is 4. The molecule has 5 rings (SSSR count). The van der Waals surface area contributed by atoms with Gasteiger partial charge < -0.3 is 14.2 Å². The third kappa shape index (κ3) is 3.49. The largest absolute Gasteiger partial charge is 0.465 e. The highest BCUT2D eigenvalue weighted by Gasteiger charge is 2.46. The van der Waals surface area contributed by atoms with Crippen molar-refractivity contribution in [1.82, 2.24) is 0 Å². The standard InChI is InChI=1S/C25H28O4/c1-27-24(26)21-14-18-7-8-19-16-25(28-11-12-29-25)10-9-22(19)23(18)20(15-21)13-17-5-3-2-4-6-17/h2-6,14-15,19-20H,7-13,16H2,1H3/t19-,20+/m0/s1. The van der Waals surface area contributed by atoms with Crippen LogP contribution in [0.5, 0.6) is 0 Å². The Kier molecular flexibility index (Phi) is 4.92. The first kappa shape index (κ1) is 18.8. The molecule has 1 heterocycles. The Morgan fingerprint density at radius 3 is 2.72 bits per heavy atom. The van der Waals surface area contributed by atoms with E-state index in [1.807, 2.05) is 6.07 Å². The Morgan fingerprint density at radius 1 is 1.17 bits per heavy atom. The van der Waals surface area contributed by atoms with Crippen molar-refractivity contribution in [2.24, 2.45) is 11.8 Å². The van der Waals surface area contributed by atoms with Gasteiger partial charge in [-0.15, -0.1) is 0 Å². The number of fused-ring (bicyclic) bond motifs is 2. The van der Waals surface area contributed by atoms with Crippen molar-refractivity contribution in [1.29, 1.82) is 0 Å². The van der Waals surface area contributed by atoms with Crippen molar-refractivity contribution in [3.63, 3.8) is 0 Å². The third-order valence-corrected chi connectivity index (χ3v) is 6.89. The summed E-state index contributed by atoms with van der Waals surface area (Å²) in [7, 11) is 1.46. The summed E-state index contributed by atoms with van der Waals surface area (Å²) in [6.45, 7) is 1.43. The van der Waals surface area contributed by atoms with Crippen molar-refractivity contribution in [3.05, 3.63) is 70.3 Å². The van der Waals surface area contributed by atoms with Crippen LogP contribution in [0.25, 0.3) is 0 Å². The van der Waals surface area contributed by atoms with E-state index in [0.717, 1.165) is 38.5 Å². The maximum absolute atomic E-state index is 12.3. The molecule has 2 fully saturated rings. The van der Waals surface area contributed by atoms with Crippen LogP contribution in [0.4, 0.5) is 0 Å². The second kappa shape index (κ2) is 7.58. The molecule has 0 unspecified atom stereocenters. The summed E-state index contributed by atoms with van der Waals surface area (Å²) in [6, 6.07) is 10.6. The number of carbonyl (C=O) groups is 1. The SMILES string of the molecule is COC(=O)C1=C[C@@H](Cc2ccccc2)C2=C3CCC4(C[C@@H]3CCC2=C1)OCCO4.